The summed E-state index contributed by atoms with van der Waals surface area (Å²) in [6.07, 6.45) is 5.24. The Labute approximate surface area is 82.1 Å². The highest BCUT2D eigenvalue weighted by Crippen LogP contribution is 2.16. The van der Waals surface area contributed by atoms with Gasteiger partial charge in [-0.3, -0.25) is 10.1 Å². The van der Waals surface area contributed by atoms with Crippen molar-refractivity contribution in [2.45, 2.75) is 0 Å². The minimum Gasteiger partial charge on any atom is -0.497 e. The molecule has 4 heteroatoms. The molecule has 2 aromatic rings. The molecule has 0 spiro atoms. The molecule has 0 aliphatic heterocycles. The van der Waals surface area contributed by atoms with E-state index >= 15 is 0 Å². The van der Waals surface area contributed by atoms with Crippen LogP contribution in [0.25, 0.3) is 0 Å². The minimum atomic E-state index is 0.829. The molecule has 0 unspecified atom stereocenters. The van der Waals surface area contributed by atoms with Gasteiger partial charge in [-0.15, -0.1) is 0 Å². The molecule has 0 amide bonds. The van der Waals surface area contributed by atoms with Crippen molar-refractivity contribution in [2.75, 3.05) is 12.5 Å². The summed E-state index contributed by atoms with van der Waals surface area (Å²) >= 11 is 0. The molecule has 1 aromatic carbocycles. The highest BCUT2D eigenvalue weighted by atomic mass is 16.5. The quantitative estimate of drug-likeness (QED) is 0.799. The summed E-state index contributed by atoms with van der Waals surface area (Å²) < 4.78 is 6.88. The van der Waals surface area contributed by atoms with E-state index in [1.807, 2.05) is 30.5 Å². The van der Waals surface area contributed by atoms with Crippen LogP contribution in [0, 0.1) is 0 Å². The maximum absolute atomic E-state index is 5.11. The summed E-state index contributed by atoms with van der Waals surface area (Å²) in [7, 11) is 1.65. The third kappa shape index (κ3) is 1.85. The molecule has 1 heterocycles. The van der Waals surface area contributed by atoms with Crippen molar-refractivity contribution in [1.29, 1.82) is 0 Å². The second-order valence-electron chi connectivity index (χ2n) is 2.81. The summed E-state index contributed by atoms with van der Waals surface area (Å²) in [5.41, 5.74) is 4.09. The first-order chi connectivity index (χ1) is 6.88. The Hall–Kier alpha value is -1.97. The van der Waals surface area contributed by atoms with Crippen LogP contribution in [0.1, 0.15) is 0 Å². The van der Waals surface area contributed by atoms with Crippen molar-refractivity contribution in [3.63, 3.8) is 0 Å². The molecule has 72 valence electrons. The van der Waals surface area contributed by atoms with E-state index in [2.05, 4.69) is 10.4 Å². The molecule has 1 N–H and O–H groups in total. The molecule has 0 saturated heterocycles. The Morgan fingerprint density at radius 1 is 1.43 bits per heavy atom. The zero-order chi connectivity index (χ0) is 9.80. The number of hydrogen-bond donors (Lipinski definition) is 1. The van der Waals surface area contributed by atoms with Gasteiger partial charge in [-0.05, 0) is 12.1 Å². The van der Waals surface area contributed by atoms with E-state index in [0.717, 1.165) is 11.4 Å². The summed E-state index contributed by atoms with van der Waals surface area (Å²) in [6, 6.07) is 7.71. The number of ether oxygens (including phenoxy) is 1. The topological polar surface area (TPSA) is 39.1 Å². The van der Waals surface area contributed by atoms with Gasteiger partial charge in [0.15, 0.2) is 0 Å². The lowest BCUT2D eigenvalue weighted by atomic mass is 10.3. The fourth-order valence-corrected chi connectivity index (χ4v) is 1.17. The molecule has 0 bridgehead atoms. The SMILES string of the molecule is COc1cccc(Nn2ccnc2)c1. The van der Waals surface area contributed by atoms with Crippen LogP contribution in [0.5, 0.6) is 5.75 Å². The Morgan fingerprint density at radius 2 is 2.36 bits per heavy atom. The van der Waals surface area contributed by atoms with Crippen LogP contribution in [0.4, 0.5) is 5.69 Å². The van der Waals surface area contributed by atoms with Crippen LogP contribution < -0.4 is 10.2 Å². The molecular formula is C10H11N3O. The van der Waals surface area contributed by atoms with E-state index in [-0.39, 0.29) is 0 Å². The standard InChI is InChI=1S/C10H11N3O/c1-14-10-4-2-3-9(7-10)12-13-6-5-11-8-13/h2-8,12H,1H3. The molecule has 0 saturated carbocycles. The monoisotopic (exact) mass is 189 g/mol. The lowest BCUT2D eigenvalue weighted by molar-refractivity contribution is 0.415. The van der Waals surface area contributed by atoms with Gasteiger partial charge in [-0.1, -0.05) is 6.07 Å². The number of aromatic nitrogens is 2. The Balaban J connectivity index is 2.17. The van der Waals surface area contributed by atoms with E-state index in [9.17, 15) is 0 Å². The van der Waals surface area contributed by atoms with Gasteiger partial charge in [0.25, 0.3) is 0 Å². The van der Waals surface area contributed by atoms with Gasteiger partial charge in [-0.2, -0.15) is 0 Å². The highest BCUT2D eigenvalue weighted by molar-refractivity contribution is 5.47. The minimum absolute atomic E-state index is 0.829. The second-order valence-corrected chi connectivity index (χ2v) is 2.81. The third-order valence-electron chi connectivity index (χ3n) is 1.83. The molecule has 0 aliphatic rings. The molecule has 4 nitrogen and oxygen atoms in total. The zero-order valence-corrected chi connectivity index (χ0v) is 7.84. The van der Waals surface area contributed by atoms with Crippen molar-refractivity contribution in [3.05, 3.63) is 43.0 Å². The van der Waals surface area contributed by atoms with Crippen LogP contribution >= 0.6 is 0 Å². The van der Waals surface area contributed by atoms with Gasteiger partial charge < -0.3 is 4.74 Å². The first-order valence-electron chi connectivity index (χ1n) is 4.27. The maximum Gasteiger partial charge on any atom is 0.120 e. The van der Waals surface area contributed by atoms with Crippen molar-refractivity contribution in [2.24, 2.45) is 0 Å². The fourth-order valence-electron chi connectivity index (χ4n) is 1.17. The Bertz CT molecular complexity index is 398. The number of benzene rings is 1. The molecule has 1 aromatic heterocycles. The average molecular weight is 189 g/mol. The van der Waals surface area contributed by atoms with Gasteiger partial charge in [0.1, 0.15) is 12.1 Å². The van der Waals surface area contributed by atoms with Gasteiger partial charge in [0, 0.05) is 18.5 Å². The number of imidazole rings is 1. The Kier molecular flexibility index (Phi) is 2.36. The number of methoxy groups -OCH3 is 1. The number of rotatable bonds is 3. The van der Waals surface area contributed by atoms with Crippen LogP contribution in [0.15, 0.2) is 43.0 Å². The number of nitrogens with one attached hydrogen (secondary N) is 1. The molecule has 0 fully saturated rings. The van der Waals surface area contributed by atoms with E-state index < -0.39 is 0 Å². The second kappa shape index (κ2) is 3.83. The van der Waals surface area contributed by atoms with Crippen LogP contribution in [0.3, 0.4) is 0 Å². The first kappa shape index (κ1) is 8.62. The number of anilines is 1. The van der Waals surface area contributed by atoms with E-state index in [1.165, 1.54) is 0 Å². The van der Waals surface area contributed by atoms with Gasteiger partial charge in [0.05, 0.1) is 12.8 Å². The third-order valence-corrected chi connectivity index (χ3v) is 1.83. The normalized spacial score (nSPS) is 9.79. The van der Waals surface area contributed by atoms with Crippen LogP contribution in [0.2, 0.25) is 0 Å². The predicted molar refractivity (Wildman–Crippen MR) is 54.2 cm³/mol. The molecule has 0 aliphatic carbocycles. The van der Waals surface area contributed by atoms with Crippen LogP contribution in [-0.4, -0.2) is 16.8 Å². The van der Waals surface area contributed by atoms with Crippen molar-refractivity contribution in [3.8, 4) is 5.75 Å². The van der Waals surface area contributed by atoms with Gasteiger partial charge in [0.2, 0.25) is 0 Å². The molecule has 0 atom stereocenters. The summed E-state index contributed by atoms with van der Waals surface area (Å²) in [5.74, 6) is 0.829. The van der Waals surface area contributed by atoms with E-state index in [0.29, 0.717) is 0 Å². The Morgan fingerprint density at radius 3 is 3.07 bits per heavy atom. The van der Waals surface area contributed by atoms with E-state index in [4.69, 9.17) is 4.74 Å². The molecular weight excluding hydrogens is 178 g/mol. The largest absolute Gasteiger partial charge is 0.497 e. The zero-order valence-electron chi connectivity index (χ0n) is 7.84. The van der Waals surface area contributed by atoms with Crippen molar-refractivity contribution < 1.29 is 4.74 Å². The van der Waals surface area contributed by atoms with Gasteiger partial charge >= 0.3 is 0 Å². The average Bonchev–Trinajstić information content (AvgIpc) is 2.71. The summed E-state index contributed by atoms with van der Waals surface area (Å²) in [6.45, 7) is 0. The first-order valence-corrected chi connectivity index (χ1v) is 4.27. The predicted octanol–water partition coefficient (Wildman–Crippen LogP) is 1.77. The highest BCUT2D eigenvalue weighted by Gasteiger charge is 1.94. The summed E-state index contributed by atoms with van der Waals surface area (Å²) in [5, 5.41) is 0. The molecule has 2 rings (SSSR count). The number of hydrogen-bond acceptors (Lipinski definition) is 3. The lowest BCUT2D eigenvalue weighted by Crippen LogP contribution is -2.05. The van der Waals surface area contributed by atoms with E-state index in [1.54, 1.807) is 24.3 Å². The van der Waals surface area contributed by atoms with Crippen molar-refractivity contribution in [1.82, 2.24) is 9.66 Å². The molecule has 0 radical (unpaired) electrons. The summed E-state index contributed by atoms with van der Waals surface area (Å²) in [4.78, 5) is 3.93. The van der Waals surface area contributed by atoms with Gasteiger partial charge in [-0.25, -0.2) is 4.98 Å². The van der Waals surface area contributed by atoms with Crippen LogP contribution in [-0.2, 0) is 0 Å². The fraction of sp³-hybridized carbons (Fsp3) is 0.100. The maximum atomic E-state index is 5.11. The number of nitrogens with zero attached hydrogens (tertiary/aromatic N) is 2. The smallest absolute Gasteiger partial charge is 0.120 e. The van der Waals surface area contributed by atoms with Crippen molar-refractivity contribution >= 4 is 5.69 Å². The lowest BCUT2D eigenvalue weighted by Gasteiger charge is -2.07. The molecule has 14 heavy (non-hydrogen) atoms.